The predicted molar refractivity (Wildman–Crippen MR) is 159 cm³/mol. The van der Waals surface area contributed by atoms with Crippen LogP contribution in [0.25, 0.3) is 22.3 Å². The van der Waals surface area contributed by atoms with E-state index in [-0.39, 0.29) is 36.4 Å². The Bertz CT molecular complexity index is 1920. The van der Waals surface area contributed by atoms with Gasteiger partial charge in [0, 0.05) is 28.1 Å². The molecule has 1 aliphatic heterocycles. The van der Waals surface area contributed by atoms with Crippen LogP contribution in [0.3, 0.4) is 0 Å². The first-order valence-corrected chi connectivity index (χ1v) is 14.5. The van der Waals surface area contributed by atoms with Crippen LogP contribution in [0, 0.1) is 19.7 Å². The predicted octanol–water partition coefficient (Wildman–Crippen LogP) is 4.27. The summed E-state index contributed by atoms with van der Waals surface area (Å²) in [6.07, 6.45) is 0.0230. The molecule has 10 nitrogen and oxygen atoms in total. The van der Waals surface area contributed by atoms with Gasteiger partial charge >= 0.3 is 12.1 Å². The molecule has 0 saturated heterocycles. The van der Waals surface area contributed by atoms with E-state index in [2.05, 4.69) is 5.32 Å². The Balaban J connectivity index is 1.49. The molecule has 0 saturated carbocycles. The number of aliphatic hydroxyl groups is 2. The van der Waals surface area contributed by atoms with Crippen molar-refractivity contribution in [2.45, 2.75) is 71.4 Å². The average molecular weight is 602 g/mol. The molecular weight excluding hydrogens is 569 g/mol. The van der Waals surface area contributed by atoms with Gasteiger partial charge in [0.25, 0.3) is 5.56 Å². The lowest BCUT2D eigenvalue weighted by atomic mass is 9.81. The number of carboxylic acid groups (broad SMARTS) is 1. The molecule has 3 heterocycles. The first kappa shape index (κ1) is 29.5. The average Bonchev–Trinajstić information content (AvgIpc) is 3.38. The van der Waals surface area contributed by atoms with E-state index in [1.807, 2.05) is 31.2 Å². The van der Waals surface area contributed by atoms with E-state index in [4.69, 9.17) is 9.72 Å². The number of carbonyl (C=O) groups excluding carboxylic acids is 1. The Morgan fingerprint density at radius 2 is 1.91 bits per heavy atom. The maximum atomic E-state index is 15.1. The first-order chi connectivity index (χ1) is 21.0. The van der Waals surface area contributed by atoms with Crippen molar-refractivity contribution in [3.05, 3.63) is 97.1 Å². The summed E-state index contributed by atoms with van der Waals surface area (Å²) in [4.78, 5) is 43.6. The zero-order valence-electron chi connectivity index (χ0n) is 24.5. The summed E-state index contributed by atoms with van der Waals surface area (Å²) in [5.74, 6) is -2.00. The standard InChI is InChI=1S/C33H32FN3O7/c1-4-33(43,31(40)41)22-11-26-29-20(13-37(26)30(39)21(22)14-38)28-24(36-32(42)44-15-18-7-5-16(2)6-8-18)10-9-19-17(3)23(34)12-25(35-29)27(19)28/h5-8,11-12,24,38,43H,4,9-10,13-15H2,1-3H3,(H,36,42)(H,40,41)/t24-,33-/m0/s1. The summed E-state index contributed by atoms with van der Waals surface area (Å²) in [6.45, 7) is 4.44. The molecule has 0 spiro atoms. The lowest BCUT2D eigenvalue weighted by molar-refractivity contribution is -0.160. The third kappa shape index (κ3) is 4.54. The van der Waals surface area contributed by atoms with Gasteiger partial charge in [0.05, 0.1) is 36.1 Å². The number of carbonyl (C=O) groups is 2. The summed E-state index contributed by atoms with van der Waals surface area (Å²) in [5, 5.41) is 34.7. The van der Waals surface area contributed by atoms with Crippen molar-refractivity contribution < 1.29 is 34.0 Å². The summed E-state index contributed by atoms with van der Waals surface area (Å²) in [5.41, 5.74) is 1.78. The van der Waals surface area contributed by atoms with Crippen LogP contribution in [0.5, 0.6) is 0 Å². The van der Waals surface area contributed by atoms with Crippen molar-refractivity contribution in [1.29, 1.82) is 0 Å². The number of aliphatic carboxylic acids is 1. The number of benzene rings is 2. The number of aliphatic hydroxyl groups excluding tert-OH is 1. The second-order valence-electron chi connectivity index (χ2n) is 11.5. The molecule has 4 N–H and O–H groups in total. The fourth-order valence-electron chi connectivity index (χ4n) is 6.48. The number of nitrogens with one attached hydrogen (secondary N) is 1. The van der Waals surface area contributed by atoms with Crippen molar-refractivity contribution in [3.63, 3.8) is 0 Å². The highest BCUT2D eigenvalue weighted by Gasteiger charge is 2.42. The van der Waals surface area contributed by atoms with Crippen LogP contribution in [0.15, 0.2) is 41.2 Å². The molecule has 2 aromatic heterocycles. The number of carboxylic acids is 1. The molecule has 11 heteroatoms. The molecule has 0 unspecified atom stereocenters. The van der Waals surface area contributed by atoms with E-state index >= 15 is 4.39 Å². The van der Waals surface area contributed by atoms with Gasteiger partial charge in [-0.05, 0) is 61.4 Å². The zero-order chi connectivity index (χ0) is 31.5. The molecular formula is C33H32FN3O7. The number of amides is 1. The molecule has 1 aliphatic carbocycles. The minimum Gasteiger partial charge on any atom is -0.479 e. The minimum atomic E-state index is -2.43. The molecule has 2 aromatic carbocycles. The van der Waals surface area contributed by atoms with Gasteiger partial charge in [-0.2, -0.15) is 0 Å². The number of ether oxygens (including phenoxy) is 1. The molecule has 44 heavy (non-hydrogen) atoms. The fourth-order valence-corrected chi connectivity index (χ4v) is 6.48. The number of aromatic nitrogens is 2. The summed E-state index contributed by atoms with van der Waals surface area (Å²) >= 11 is 0. The number of alkyl carbamates (subject to hydrolysis) is 1. The highest BCUT2D eigenvalue weighted by molar-refractivity contribution is 5.93. The van der Waals surface area contributed by atoms with Gasteiger partial charge in [-0.3, -0.25) is 4.79 Å². The third-order valence-electron chi connectivity index (χ3n) is 8.99. The number of hydrogen-bond acceptors (Lipinski definition) is 7. The van der Waals surface area contributed by atoms with E-state index in [1.165, 1.54) is 23.6 Å². The summed E-state index contributed by atoms with van der Waals surface area (Å²) in [6, 6.07) is 9.75. The van der Waals surface area contributed by atoms with E-state index in [0.29, 0.717) is 46.1 Å². The van der Waals surface area contributed by atoms with Gasteiger partial charge in [0.1, 0.15) is 12.4 Å². The van der Waals surface area contributed by atoms with E-state index < -0.39 is 41.7 Å². The zero-order valence-corrected chi connectivity index (χ0v) is 24.5. The Kier molecular flexibility index (Phi) is 7.25. The topological polar surface area (TPSA) is 151 Å². The third-order valence-corrected chi connectivity index (χ3v) is 8.99. The Hall–Kier alpha value is -4.61. The normalized spacial score (nSPS) is 16.3. The highest BCUT2D eigenvalue weighted by atomic mass is 19.1. The van der Waals surface area contributed by atoms with Crippen molar-refractivity contribution in [2.24, 2.45) is 0 Å². The van der Waals surface area contributed by atoms with Gasteiger partial charge in [0.2, 0.25) is 0 Å². The minimum absolute atomic E-state index is 0.0269. The molecule has 0 fully saturated rings. The van der Waals surface area contributed by atoms with E-state index in [0.717, 1.165) is 16.7 Å². The maximum absolute atomic E-state index is 15.1. The van der Waals surface area contributed by atoms with Crippen LogP contribution in [0.1, 0.15) is 70.3 Å². The number of nitrogens with zero attached hydrogens (tertiary/aromatic N) is 2. The molecule has 2 aliphatic rings. The lowest BCUT2D eigenvalue weighted by Gasteiger charge is -2.29. The molecule has 228 valence electrons. The van der Waals surface area contributed by atoms with Crippen molar-refractivity contribution >= 4 is 23.0 Å². The maximum Gasteiger partial charge on any atom is 0.407 e. The van der Waals surface area contributed by atoms with Crippen LogP contribution in [0.4, 0.5) is 9.18 Å². The quantitative estimate of drug-likeness (QED) is 0.216. The van der Waals surface area contributed by atoms with Crippen LogP contribution in [-0.4, -0.2) is 36.9 Å². The Morgan fingerprint density at radius 3 is 2.57 bits per heavy atom. The monoisotopic (exact) mass is 601 g/mol. The highest BCUT2D eigenvalue weighted by Crippen LogP contribution is 2.45. The van der Waals surface area contributed by atoms with E-state index in [1.54, 1.807) is 6.92 Å². The van der Waals surface area contributed by atoms with Gasteiger partial charge < -0.3 is 29.9 Å². The van der Waals surface area contributed by atoms with Crippen LogP contribution >= 0.6 is 0 Å². The second kappa shape index (κ2) is 10.8. The number of halogens is 1. The Morgan fingerprint density at radius 1 is 1.18 bits per heavy atom. The largest absolute Gasteiger partial charge is 0.479 e. The van der Waals surface area contributed by atoms with Crippen LogP contribution in [-0.2, 0) is 41.3 Å². The second-order valence-corrected chi connectivity index (χ2v) is 11.5. The molecule has 0 radical (unpaired) electrons. The number of rotatable bonds is 7. The van der Waals surface area contributed by atoms with Crippen molar-refractivity contribution in [1.82, 2.24) is 14.9 Å². The van der Waals surface area contributed by atoms with Gasteiger partial charge in [0.15, 0.2) is 5.60 Å². The number of hydrogen-bond donors (Lipinski definition) is 4. The van der Waals surface area contributed by atoms with Crippen molar-refractivity contribution in [3.8, 4) is 11.4 Å². The lowest BCUT2D eigenvalue weighted by Crippen LogP contribution is -2.39. The summed E-state index contributed by atoms with van der Waals surface area (Å²) < 4.78 is 22.0. The smallest absolute Gasteiger partial charge is 0.407 e. The number of aryl methyl sites for hydroxylation is 2. The fraction of sp³-hybridized carbons (Fsp3) is 0.333. The van der Waals surface area contributed by atoms with E-state index in [9.17, 15) is 29.7 Å². The van der Waals surface area contributed by atoms with Gasteiger partial charge in [-0.15, -0.1) is 0 Å². The Labute approximate surface area is 251 Å². The molecule has 6 rings (SSSR count). The van der Waals surface area contributed by atoms with Gasteiger partial charge in [-0.25, -0.2) is 19.0 Å². The van der Waals surface area contributed by atoms with Crippen LogP contribution in [0.2, 0.25) is 0 Å². The van der Waals surface area contributed by atoms with Crippen LogP contribution < -0.4 is 10.9 Å². The number of fused-ring (bicyclic) bond motifs is 4. The first-order valence-electron chi connectivity index (χ1n) is 14.5. The number of pyridine rings is 2. The molecule has 1 amide bonds. The molecule has 0 bridgehead atoms. The molecule has 4 aromatic rings. The van der Waals surface area contributed by atoms with Gasteiger partial charge in [-0.1, -0.05) is 36.8 Å². The summed E-state index contributed by atoms with van der Waals surface area (Å²) in [7, 11) is 0. The SMILES string of the molecule is CC[C@@](O)(C(=O)O)c1cc2n(c(=O)c1CO)Cc1c-2nc2cc(F)c(C)c3c2c1[C@@H](NC(=O)OCc1ccc(C)cc1)CC3. The molecule has 2 atom stereocenters. The van der Waals surface area contributed by atoms with Crippen molar-refractivity contribution in [2.75, 3.05) is 0 Å².